The van der Waals surface area contributed by atoms with Crippen LogP contribution in [0.4, 0.5) is 0 Å². The maximum absolute atomic E-state index is 12.6. The van der Waals surface area contributed by atoms with Gasteiger partial charge in [-0.15, -0.1) is 0 Å². The summed E-state index contributed by atoms with van der Waals surface area (Å²) in [5.74, 6) is -0.243. The van der Waals surface area contributed by atoms with Crippen LogP contribution in [-0.4, -0.2) is 43.8 Å². The number of hydrogen-bond donors (Lipinski definition) is 3. The Bertz CT molecular complexity index is 1200. The molecule has 0 spiro atoms. The molecule has 0 saturated heterocycles. The number of hydrogen-bond acceptors (Lipinski definition) is 3. The van der Waals surface area contributed by atoms with Crippen LogP contribution in [0.15, 0.2) is 73.1 Å². The molecular formula is C23H20N4O2Se. The zero-order valence-corrected chi connectivity index (χ0v) is 18.0. The van der Waals surface area contributed by atoms with Crippen molar-refractivity contribution in [3.05, 3.63) is 89.9 Å². The molecule has 0 bridgehead atoms. The van der Waals surface area contributed by atoms with Crippen molar-refractivity contribution in [3.63, 3.8) is 0 Å². The van der Waals surface area contributed by atoms with E-state index in [0.717, 1.165) is 25.5 Å². The Balaban J connectivity index is 1.52. The average Bonchev–Trinajstić information content (AvgIpc) is 3.20. The second-order valence-corrected chi connectivity index (χ2v) is 8.93. The molecule has 150 valence electrons. The van der Waals surface area contributed by atoms with Gasteiger partial charge >= 0.3 is 180 Å². The molecule has 3 N–H and O–H groups in total. The first-order valence-corrected chi connectivity index (χ1v) is 11.1. The van der Waals surface area contributed by atoms with E-state index >= 15 is 0 Å². The van der Waals surface area contributed by atoms with Crippen LogP contribution in [0.25, 0.3) is 10.9 Å². The summed E-state index contributed by atoms with van der Waals surface area (Å²) >= 11 is -0.0170. The van der Waals surface area contributed by atoms with Crippen molar-refractivity contribution in [3.8, 4) is 0 Å². The second kappa shape index (κ2) is 8.95. The number of rotatable bonds is 6. The van der Waals surface area contributed by atoms with Gasteiger partial charge < -0.3 is 0 Å². The van der Waals surface area contributed by atoms with Crippen LogP contribution in [0.2, 0.25) is 0 Å². The first kappa shape index (κ1) is 19.9. The monoisotopic (exact) mass is 464 g/mol. The molecule has 30 heavy (non-hydrogen) atoms. The number of nitrogens with zero attached hydrogens (tertiary/aromatic N) is 1. The van der Waals surface area contributed by atoms with Gasteiger partial charge in [0.1, 0.15) is 0 Å². The Kier molecular flexibility index (Phi) is 5.93. The van der Waals surface area contributed by atoms with E-state index in [1.165, 1.54) is 0 Å². The zero-order chi connectivity index (χ0) is 20.9. The number of nitrogens with one attached hydrogen (secondary N) is 3. The Hall–Kier alpha value is -3.41. The molecular weight excluding hydrogens is 443 g/mol. The quantitative estimate of drug-likeness (QED) is 0.379. The SMILES string of the molecule is CNC(=O)c1cccc2c([Se]c3cccc(C(=O)NCc4ccccn4)c3)c[nH]c12. The summed E-state index contributed by atoms with van der Waals surface area (Å²) in [5.41, 5.74) is 2.89. The molecule has 0 radical (unpaired) electrons. The van der Waals surface area contributed by atoms with Crippen molar-refractivity contribution in [2.24, 2.45) is 0 Å². The summed E-state index contributed by atoms with van der Waals surface area (Å²) in [4.78, 5) is 32.1. The number of carbonyl (C=O) groups excluding carboxylic acids is 2. The minimum atomic E-state index is -0.126. The first-order chi connectivity index (χ1) is 14.7. The molecule has 0 fully saturated rings. The van der Waals surface area contributed by atoms with E-state index in [9.17, 15) is 9.59 Å². The van der Waals surface area contributed by atoms with Crippen LogP contribution in [0, 0.1) is 0 Å². The van der Waals surface area contributed by atoms with E-state index in [1.807, 2.05) is 60.8 Å². The van der Waals surface area contributed by atoms with Crippen LogP contribution < -0.4 is 19.6 Å². The molecule has 4 rings (SSSR count). The average molecular weight is 463 g/mol. The first-order valence-electron chi connectivity index (χ1n) is 9.44. The third-order valence-electron chi connectivity index (χ3n) is 4.63. The third kappa shape index (κ3) is 4.27. The van der Waals surface area contributed by atoms with Crippen LogP contribution >= 0.6 is 0 Å². The van der Waals surface area contributed by atoms with E-state index in [0.29, 0.717) is 17.7 Å². The molecule has 0 aliphatic heterocycles. The number of pyridine rings is 1. The fraction of sp³-hybridized carbons (Fsp3) is 0.0870. The number of para-hydroxylation sites is 1. The maximum atomic E-state index is 12.6. The van der Waals surface area contributed by atoms with E-state index in [-0.39, 0.29) is 26.8 Å². The Morgan fingerprint density at radius 3 is 2.70 bits per heavy atom. The van der Waals surface area contributed by atoms with E-state index in [1.54, 1.807) is 19.3 Å². The van der Waals surface area contributed by atoms with Crippen molar-refractivity contribution in [2.75, 3.05) is 7.05 Å². The van der Waals surface area contributed by atoms with Crippen molar-refractivity contribution < 1.29 is 9.59 Å². The zero-order valence-electron chi connectivity index (χ0n) is 16.3. The summed E-state index contributed by atoms with van der Waals surface area (Å²) < 4.78 is 2.22. The number of amides is 2. The second-order valence-electron chi connectivity index (χ2n) is 6.59. The van der Waals surface area contributed by atoms with Crippen LogP contribution in [0.1, 0.15) is 26.4 Å². The number of aromatic amines is 1. The van der Waals surface area contributed by atoms with Gasteiger partial charge in [0, 0.05) is 0 Å². The van der Waals surface area contributed by atoms with E-state index in [4.69, 9.17) is 0 Å². The van der Waals surface area contributed by atoms with Gasteiger partial charge in [-0.3, -0.25) is 0 Å². The third-order valence-corrected chi connectivity index (χ3v) is 6.83. The van der Waals surface area contributed by atoms with Crippen molar-refractivity contribution in [1.82, 2.24) is 20.6 Å². The van der Waals surface area contributed by atoms with Gasteiger partial charge in [-0.2, -0.15) is 0 Å². The Morgan fingerprint density at radius 2 is 1.90 bits per heavy atom. The number of aromatic nitrogens is 2. The molecule has 2 aromatic heterocycles. The van der Waals surface area contributed by atoms with Crippen molar-refractivity contribution in [1.29, 1.82) is 0 Å². The van der Waals surface area contributed by atoms with Gasteiger partial charge in [-0.1, -0.05) is 0 Å². The molecule has 6 nitrogen and oxygen atoms in total. The van der Waals surface area contributed by atoms with Gasteiger partial charge in [0.2, 0.25) is 0 Å². The topological polar surface area (TPSA) is 86.9 Å². The number of fused-ring (bicyclic) bond motifs is 1. The van der Waals surface area contributed by atoms with Gasteiger partial charge in [0.05, 0.1) is 0 Å². The molecule has 0 saturated carbocycles. The van der Waals surface area contributed by atoms with E-state index in [2.05, 4.69) is 20.6 Å². The molecule has 2 aromatic carbocycles. The molecule has 0 aliphatic carbocycles. The number of H-pyrrole nitrogens is 1. The Labute approximate surface area is 180 Å². The molecule has 0 aliphatic rings. The standard InChI is InChI=1S/C23H20N4O2Se/c1-24-23(29)19-10-5-9-18-20(14-26-21(18)19)30-17-8-4-6-15(12-17)22(28)27-13-16-7-2-3-11-25-16/h2-12,14,26H,13H2,1H3,(H,24,29)(H,27,28). The summed E-state index contributed by atoms with van der Waals surface area (Å²) in [5, 5.41) is 6.61. The van der Waals surface area contributed by atoms with Gasteiger partial charge in [-0.25, -0.2) is 0 Å². The summed E-state index contributed by atoms with van der Waals surface area (Å²) in [7, 11) is 1.62. The van der Waals surface area contributed by atoms with Crippen molar-refractivity contribution in [2.45, 2.75) is 6.54 Å². The molecule has 0 atom stereocenters. The molecule has 4 aromatic rings. The van der Waals surface area contributed by atoms with E-state index < -0.39 is 0 Å². The number of carbonyl (C=O) groups is 2. The number of benzene rings is 2. The van der Waals surface area contributed by atoms with Gasteiger partial charge in [0.15, 0.2) is 0 Å². The fourth-order valence-corrected chi connectivity index (χ4v) is 5.21. The van der Waals surface area contributed by atoms with Gasteiger partial charge in [-0.05, 0) is 0 Å². The molecule has 7 heteroatoms. The summed E-state index contributed by atoms with van der Waals surface area (Å²) in [6.45, 7) is 0.389. The minimum absolute atomic E-state index is 0.0170. The van der Waals surface area contributed by atoms with Gasteiger partial charge in [0.25, 0.3) is 0 Å². The van der Waals surface area contributed by atoms with Crippen molar-refractivity contribution >= 4 is 46.6 Å². The molecule has 2 amide bonds. The normalized spacial score (nSPS) is 10.7. The predicted octanol–water partition coefficient (Wildman–Crippen LogP) is 1.51. The van der Waals surface area contributed by atoms with Crippen LogP contribution in [0.3, 0.4) is 0 Å². The van der Waals surface area contributed by atoms with Crippen LogP contribution in [0.5, 0.6) is 0 Å². The Morgan fingerprint density at radius 1 is 1.03 bits per heavy atom. The summed E-state index contributed by atoms with van der Waals surface area (Å²) in [6, 6.07) is 19.0. The van der Waals surface area contributed by atoms with Crippen LogP contribution in [-0.2, 0) is 6.54 Å². The fourth-order valence-electron chi connectivity index (χ4n) is 3.14. The summed E-state index contributed by atoms with van der Waals surface area (Å²) in [6.07, 6.45) is 3.66. The predicted molar refractivity (Wildman–Crippen MR) is 119 cm³/mol. The molecule has 0 unspecified atom stereocenters. The molecule has 2 heterocycles.